The zero-order valence-corrected chi connectivity index (χ0v) is 13.2. The molecule has 1 aromatic rings. The average molecular weight is 279 g/mol. The summed E-state index contributed by atoms with van der Waals surface area (Å²) in [6, 6.07) is 2.35. The summed E-state index contributed by atoms with van der Waals surface area (Å²) in [5.74, 6) is 8.12. The zero-order chi connectivity index (χ0) is 15.0. The molecule has 1 atom stereocenters. The van der Waals surface area contributed by atoms with Gasteiger partial charge < -0.3 is 10.7 Å². The smallest absolute Gasteiger partial charge is 0.145 e. The molecule has 20 heavy (non-hydrogen) atoms. The van der Waals surface area contributed by atoms with Crippen molar-refractivity contribution in [2.24, 2.45) is 5.84 Å². The maximum atomic E-state index is 5.49. The van der Waals surface area contributed by atoms with E-state index in [0.29, 0.717) is 11.9 Å². The summed E-state index contributed by atoms with van der Waals surface area (Å²) < 4.78 is 0. The molecule has 0 aliphatic carbocycles. The van der Waals surface area contributed by atoms with Crippen molar-refractivity contribution < 1.29 is 0 Å². The second kappa shape index (κ2) is 8.74. The van der Waals surface area contributed by atoms with Crippen LogP contribution in [-0.4, -0.2) is 16.0 Å². The standard InChI is InChI=1S/C15H29N5/c1-5-7-9-12(8-6-2)17-13-10-14(20-16)19-15(18-13)11(3)4/h10-12H,5-9,16H2,1-4H3,(H2,17,18,19,20). The number of hydrogen-bond donors (Lipinski definition) is 3. The number of anilines is 2. The minimum absolute atomic E-state index is 0.282. The van der Waals surface area contributed by atoms with E-state index in [-0.39, 0.29) is 5.92 Å². The van der Waals surface area contributed by atoms with E-state index >= 15 is 0 Å². The van der Waals surface area contributed by atoms with Crippen molar-refractivity contribution in [1.29, 1.82) is 0 Å². The van der Waals surface area contributed by atoms with Gasteiger partial charge in [0.2, 0.25) is 0 Å². The number of hydrazine groups is 1. The first kappa shape index (κ1) is 16.7. The lowest BCUT2D eigenvalue weighted by atomic mass is 10.1. The summed E-state index contributed by atoms with van der Waals surface area (Å²) in [6.45, 7) is 8.61. The molecule has 0 saturated heterocycles. The van der Waals surface area contributed by atoms with Gasteiger partial charge >= 0.3 is 0 Å². The maximum Gasteiger partial charge on any atom is 0.145 e. The lowest BCUT2D eigenvalue weighted by Gasteiger charge is -2.19. The van der Waals surface area contributed by atoms with Gasteiger partial charge in [0, 0.05) is 18.0 Å². The van der Waals surface area contributed by atoms with E-state index in [1.54, 1.807) is 0 Å². The van der Waals surface area contributed by atoms with E-state index in [4.69, 9.17) is 5.84 Å². The number of rotatable bonds is 9. The predicted octanol–water partition coefficient (Wildman–Crippen LogP) is 3.66. The SMILES string of the molecule is CCCCC(CCC)Nc1cc(NN)nc(C(C)C)n1. The number of nitrogens with one attached hydrogen (secondary N) is 2. The van der Waals surface area contributed by atoms with Crippen LogP contribution in [0.4, 0.5) is 11.6 Å². The molecule has 1 heterocycles. The van der Waals surface area contributed by atoms with Crippen LogP contribution in [0.5, 0.6) is 0 Å². The Balaban J connectivity index is 2.84. The van der Waals surface area contributed by atoms with Crippen molar-refractivity contribution in [3.05, 3.63) is 11.9 Å². The number of nitrogens with two attached hydrogens (primary N) is 1. The molecular formula is C15H29N5. The van der Waals surface area contributed by atoms with Crippen molar-refractivity contribution in [1.82, 2.24) is 9.97 Å². The molecule has 1 unspecified atom stereocenters. The van der Waals surface area contributed by atoms with Gasteiger partial charge in [-0.3, -0.25) is 0 Å². The molecular weight excluding hydrogens is 250 g/mol. The highest BCUT2D eigenvalue weighted by Crippen LogP contribution is 2.19. The number of unbranched alkanes of at least 4 members (excludes halogenated alkanes) is 1. The van der Waals surface area contributed by atoms with Crippen molar-refractivity contribution in [2.45, 2.75) is 71.8 Å². The summed E-state index contributed by atoms with van der Waals surface area (Å²) in [5.41, 5.74) is 2.62. The van der Waals surface area contributed by atoms with Crippen LogP contribution >= 0.6 is 0 Å². The molecule has 0 radical (unpaired) electrons. The summed E-state index contributed by atoms with van der Waals surface area (Å²) >= 11 is 0. The lowest BCUT2D eigenvalue weighted by Crippen LogP contribution is -2.21. The van der Waals surface area contributed by atoms with Crippen LogP contribution in [-0.2, 0) is 0 Å². The van der Waals surface area contributed by atoms with Crippen molar-refractivity contribution >= 4 is 11.6 Å². The number of hydrogen-bond acceptors (Lipinski definition) is 5. The van der Waals surface area contributed by atoms with Gasteiger partial charge in [0.15, 0.2) is 0 Å². The van der Waals surface area contributed by atoms with E-state index < -0.39 is 0 Å². The van der Waals surface area contributed by atoms with Crippen molar-refractivity contribution in [3.63, 3.8) is 0 Å². The Morgan fingerprint density at radius 2 is 1.80 bits per heavy atom. The largest absolute Gasteiger partial charge is 0.367 e. The monoisotopic (exact) mass is 279 g/mol. The third kappa shape index (κ3) is 5.33. The Kier molecular flexibility index (Phi) is 7.30. The molecule has 0 amide bonds. The summed E-state index contributed by atoms with van der Waals surface area (Å²) in [6.07, 6.45) is 5.97. The molecule has 0 aromatic carbocycles. The van der Waals surface area contributed by atoms with Gasteiger partial charge in [-0.2, -0.15) is 0 Å². The Morgan fingerprint density at radius 3 is 2.35 bits per heavy atom. The first-order chi connectivity index (χ1) is 9.60. The number of nitrogens with zero attached hydrogens (tertiary/aromatic N) is 2. The second-order valence-electron chi connectivity index (χ2n) is 5.57. The molecule has 1 aromatic heterocycles. The zero-order valence-electron chi connectivity index (χ0n) is 13.2. The van der Waals surface area contributed by atoms with E-state index in [9.17, 15) is 0 Å². The molecule has 0 aliphatic heterocycles. The van der Waals surface area contributed by atoms with Crippen LogP contribution in [0.25, 0.3) is 0 Å². The predicted molar refractivity (Wildman–Crippen MR) is 85.8 cm³/mol. The second-order valence-corrected chi connectivity index (χ2v) is 5.57. The summed E-state index contributed by atoms with van der Waals surface area (Å²) in [4.78, 5) is 8.97. The van der Waals surface area contributed by atoms with Crippen LogP contribution in [0.3, 0.4) is 0 Å². The topological polar surface area (TPSA) is 75.9 Å². The molecule has 5 nitrogen and oxygen atoms in total. The van der Waals surface area contributed by atoms with E-state index in [1.807, 2.05) is 6.07 Å². The quantitative estimate of drug-likeness (QED) is 0.475. The fourth-order valence-electron chi connectivity index (χ4n) is 2.17. The van der Waals surface area contributed by atoms with Crippen LogP contribution in [0, 0.1) is 0 Å². The van der Waals surface area contributed by atoms with Gasteiger partial charge in [0.1, 0.15) is 17.5 Å². The van der Waals surface area contributed by atoms with Crippen molar-refractivity contribution in [3.8, 4) is 0 Å². The molecule has 0 aliphatic rings. The third-order valence-electron chi connectivity index (χ3n) is 3.30. The molecule has 4 N–H and O–H groups in total. The number of nitrogen functional groups attached to an aromatic ring is 1. The van der Waals surface area contributed by atoms with Gasteiger partial charge in [-0.15, -0.1) is 0 Å². The van der Waals surface area contributed by atoms with Gasteiger partial charge in [-0.05, 0) is 12.8 Å². The molecule has 0 bridgehead atoms. The average Bonchev–Trinajstić information content (AvgIpc) is 2.44. The molecule has 0 spiro atoms. The fourth-order valence-corrected chi connectivity index (χ4v) is 2.17. The minimum atomic E-state index is 0.282. The summed E-state index contributed by atoms with van der Waals surface area (Å²) in [7, 11) is 0. The van der Waals surface area contributed by atoms with Crippen LogP contribution in [0.1, 0.15) is 71.5 Å². The third-order valence-corrected chi connectivity index (χ3v) is 3.30. The normalized spacial score (nSPS) is 12.5. The van der Waals surface area contributed by atoms with E-state index in [0.717, 1.165) is 18.1 Å². The van der Waals surface area contributed by atoms with Gasteiger partial charge in [-0.1, -0.05) is 47.0 Å². The molecule has 0 fully saturated rings. The fraction of sp³-hybridized carbons (Fsp3) is 0.733. The summed E-state index contributed by atoms with van der Waals surface area (Å²) in [5, 5.41) is 3.54. The Labute approximate surface area is 122 Å². The lowest BCUT2D eigenvalue weighted by molar-refractivity contribution is 0.562. The highest BCUT2D eigenvalue weighted by molar-refractivity contribution is 5.47. The first-order valence-electron chi connectivity index (χ1n) is 7.72. The molecule has 1 rings (SSSR count). The van der Waals surface area contributed by atoms with Gasteiger partial charge in [0.25, 0.3) is 0 Å². The van der Waals surface area contributed by atoms with Crippen LogP contribution in [0.2, 0.25) is 0 Å². The molecule has 0 saturated carbocycles. The number of aromatic nitrogens is 2. The first-order valence-corrected chi connectivity index (χ1v) is 7.72. The van der Waals surface area contributed by atoms with Crippen LogP contribution in [0.15, 0.2) is 6.07 Å². The van der Waals surface area contributed by atoms with E-state index in [1.165, 1.54) is 25.7 Å². The maximum absolute atomic E-state index is 5.49. The van der Waals surface area contributed by atoms with Crippen LogP contribution < -0.4 is 16.6 Å². The Hall–Kier alpha value is -1.36. The minimum Gasteiger partial charge on any atom is -0.367 e. The van der Waals surface area contributed by atoms with E-state index in [2.05, 4.69) is 48.4 Å². The highest BCUT2D eigenvalue weighted by atomic mass is 15.3. The van der Waals surface area contributed by atoms with Crippen molar-refractivity contribution in [2.75, 3.05) is 10.7 Å². The van der Waals surface area contributed by atoms with Gasteiger partial charge in [-0.25, -0.2) is 15.8 Å². The molecule has 114 valence electrons. The Bertz CT molecular complexity index is 392. The Morgan fingerprint density at radius 1 is 1.10 bits per heavy atom. The van der Waals surface area contributed by atoms with Gasteiger partial charge in [0.05, 0.1) is 0 Å². The highest BCUT2D eigenvalue weighted by Gasteiger charge is 2.11. The molecule has 5 heteroatoms.